The van der Waals surface area contributed by atoms with Gasteiger partial charge in [-0.1, -0.05) is 6.07 Å². The van der Waals surface area contributed by atoms with Crippen LogP contribution in [0.1, 0.15) is 31.9 Å². The molecule has 0 fully saturated rings. The molecule has 0 saturated carbocycles. The van der Waals surface area contributed by atoms with E-state index in [2.05, 4.69) is 6.07 Å². The van der Waals surface area contributed by atoms with E-state index in [4.69, 9.17) is 9.47 Å². The number of benzene rings is 1. The van der Waals surface area contributed by atoms with Crippen LogP contribution in [0, 0.1) is 0 Å². The van der Waals surface area contributed by atoms with Crippen LogP contribution in [0.15, 0.2) is 18.2 Å². The van der Waals surface area contributed by atoms with Gasteiger partial charge >= 0.3 is 6.09 Å². The monoisotopic (exact) mass is 309 g/mol. The molecule has 1 heterocycles. The Kier molecular flexibility index (Phi) is 5.04. The molecule has 1 aromatic carbocycles. The fraction of sp³-hybridized carbons (Fsp3) is 0.562. The minimum atomic E-state index is -0.452. The number of rotatable bonds is 3. The molecule has 0 aliphatic carbocycles. The Morgan fingerprint density at radius 1 is 1.33 bits per heavy atom. The average molecular weight is 309 g/mol. The summed E-state index contributed by atoms with van der Waals surface area (Å²) in [6.45, 7) is 6.95. The number of carbonyl (C=O) groups is 1. The van der Waals surface area contributed by atoms with Gasteiger partial charge in [0.15, 0.2) is 0 Å². The van der Waals surface area contributed by atoms with Crippen LogP contribution in [0.25, 0.3) is 0 Å². The standard InChI is InChI=1S/C16H23NO3S/c1-16(2,3)20-15(18)17-8-7-12-9-14(19-11-21-4)6-5-13(12)10-17/h5-6,9H,7-8,10-11H2,1-4H3. The molecule has 0 radical (unpaired) electrons. The molecule has 0 unspecified atom stereocenters. The number of nitrogens with zero attached hydrogens (tertiary/aromatic N) is 1. The molecule has 116 valence electrons. The second-order valence-electron chi connectivity index (χ2n) is 6.13. The molecule has 4 nitrogen and oxygen atoms in total. The highest BCUT2D eigenvalue weighted by Crippen LogP contribution is 2.25. The quantitative estimate of drug-likeness (QED) is 0.798. The van der Waals surface area contributed by atoms with Crippen molar-refractivity contribution in [1.82, 2.24) is 4.90 Å². The highest BCUT2D eigenvalue weighted by atomic mass is 32.2. The zero-order valence-corrected chi connectivity index (χ0v) is 14.0. The second-order valence-corrected chi connectivity index (χ2v) is 6.95. The lowest BCUT2D eigenvalue weighted by atomic mass is 10.00. The third kappa shape index (κ3) is 4.56. The van der Waals surface area contributed by atoms with Gasteiger partial charge in [-0.25, -0.2) is 4.79 Å². The zero-order valence-electron chi connectivity index (χ0n) is 13.1. The Morgan fingerprint density at radius 2 is 2.10 bits per heavy atom. The van der Waals surface area contributed by atoms with Crippen molar-refractivity contribution in [2.45, 2.75) is 39.3 Å². The molecule has 0 aromatic heterocycles. The molecule has 2 rings (SSSR count). The Balaban J connectivity index is 2.02. The third-order valence-electron chi connectivity index (χ3n) is 3.19. The van der Waals surface area contributed by atoms with Crippen molar-refractivity contribution in [3.05, 3.63) is 29.3 Å². The minimum Gasteiger partial charge on any atom is -0.483 e. The van der Waals surface area contributed by atoms with Crippen molar-refractivity contribution in [2.75, 3.05) is 18.7 Å². The maximum absolute atomic E-state index is 12.1. The molecule has 0 N–H and O–H groups in total. The van der Waals surface area contributed by atoms with Gasteiger partial charge in [0.05, 0.1) is 0 Å². The van der Waals surface area contributed by atoms with Crippen molar-refractivity contribution < 1.29 is 14.3 Å². The Bertz CT molecular complexity index is 511. The summed E-state index contributed by atoms with van der Waals surface area (Å²) in [4.78, 5) is 13.9. The summed E-state index contributed by atoms with van der Waals surface area (Å²) in [7, 11) is 0. The first kappa shape index (κ1) is 16.0. The molecule has 21 heavy (non-hydrogen) atoms. The molecule has 0 bridgehead atoms. The highest BCUT2D eigenvalue weighted by Gasteiger charge is 2.25. The molecule has 0 saturated heterocycles. The molecular weight excluding hydrogens is 286 g/mol. The van der Waals surface area contributed by atoms with Crippen molar-refractivity contribution >= 4 is 17.9 Å². The van der Waals surface area contributed by atoms with Crippen molar-refractivity contribution in [2.24, 2.45) is 0 Å². The number of hydrogen-bond donors (Lipinski definition) is 0. The molecule has 5 heteroatoms. The predicted molar refractivity (Wildman–Crippen MR) is 85.8 cm³/mol. The first-order chi connectivity index (χ1) is 9.89. The van der Waals surface area contributed by atoms with E-state index in [-0.39, 0.29) is 6.09 Å². The highest BCUT2D eigenvalue weighted by molar-refractivity contribution is 7.98. The molecular formula is C16H23NO3S. The van der Waals surface area contributed by atoms with Crippen LogP contribution in [0.4, 0.5) is 4.79 Å². The lowest BCUT2D eigenvalue weighted by Gasteiger charge is -2.31. The smallest absolute Gasteiger partial charge is 0.410 e. The lowest BCUT2D eigenvalue weighted by Crippen LogP contribution is -2.39. The van der Waals surface area contributed by atoms with Crippen LogP contribution in [0.5, 0.6) is 5.75 Å². The van der Waals surface area contributed by atoms with E-state index in [1.54, 1.807) is 16.7 Å². The first-order valence-electron chi connectivity index (χ1n) is 7.10. The van der Waals surface area contributed by atoms with Gasteiger partial charge in [-0.15, -0.1) is 11.8 Å². The largest absolute Gasteiger partial charge is 0.483 e. The maximum Gasteiger partial charge on any atom is 0.410 e. The molecule has 1 amide bonds. The van der Waals surface area contributed by atoms with Gasteiger partial charge in [0.25, 0.3) is 0 Å². The van der Waals surface area contributed by atoms with E-state index in [0.717, 1.165) is 12.2 Å². The van der Waals surface area contributed by atoms with Crippen LogP contribution in [0.2, 0.25) is 0 Å². The lowest BCUT2D eigenvalue weighted by molar-refractivity contribution is 0.0224. The summed E-state index contributed by atoms with van der Waals surface area (Å²) in [5, 5.41) is 0. The molecule has 0 atom stereocenters. The van der Waals surface area contributed by atoms with Crippen LogP contribution in [0.3, 0.4) is 0 Å². The Hall–Kier alpha value is -1.36. The summed E-state index contributed by atoms with van der Waals surface area (Å²) in [6, 6.07) is 6.09. The van der Waals surface area contributed by atoms with Gasteiger partial charge in [-0.3, -0.25) is 0 Å². The SMILES string of the molecule is CSCOc1ccc2c(c1)CCN(C(=O)OC(C)(C)C)C2. The fourth-order valence-corrected chi connectivity index (χ4v) is 2.48. The summed E-state index contributed by atoms with van der Waals surface area (Å²) in [5.74, 6) is 1.55. The second kappa shape index (κ2) is 6.60. The van der Waals surface area contributed by atoms with E-state index in [9.17, 15) is 4.79 Å². The van der Waals surface area contributed by atoms with E-state index < -0.39 is 5.60 Å². The number of carbonyl (C=O) groups excluding carboxylic acids is 1. The van der Waals surface area contributed by atoms with Gasteiger partial charge in [0.1, 0.15) is 17.3 Å². The van der Waals surface area contributed by atoms with Gasteiger partial charge in [0.2, 0.25) is 0 Å². The first-order valence-corrected chi connectivity index (χ1v) is 8.50. The number of hydrogen-bond acceptors (Lipinski definition) is 4. The minimum absolute atomic E-state index is 0.240. The molecule has 0 spiro atoms. The fourth-order valence-electron chi connectivity index (χ4n) is 2.23. The number of fused-ring (bicyclic) bond motifs is 1. The van der Waals surface area contributed by atoms with Crippen LogP contribution >= 0.6 is 11.8 Å². The number of thioether (sulfide) groups is 1. The van der Waals surface area contributed by atoms with Gasteiger partial charge in [0, 0.05) is 13.1 Å². The average Bonchev–Trinajstić information content (AvgIpc) is 2.42. The number of ether oxygens (including phenoxy) is 2. The Labute approximate surface area is 130 Å². The normalized spacial score (nSPS) is 14.6. The van der Waals surface area contributed by atoms with E-state index in [0.29, 0.717) is 19.0 Å². The van der Waals surface area contributed by atoms with E-state index in [1.807, 2.05) is 39.2 Å². The predicted octanol–water partition coefficient (Wildman–Crippen LogP) is 3.68. The molecule has 1 aliphatic rings. The van der Waals surface area contributed by atoms with Gasteiger partial charge < -0.3 is 14.4 Å². The third-order valence-corrected chi connectivity index (χ3v) is 3.54. The number of amides is 1. The van der Waals surface area contributed by atoms with Crippen LogP contribution < -0.4 is 4.74 Å². The Morgan fingerprint density at radius 3 is 2.76 bits per heavy atom. The van der Waals surface area contributed by atoms with Crippen LogP contribution in [-0.4, -0.2) is 35.3 Å². The van der Waals surface area contributed by atoms with Gasteiger partial charge in [-0.05, 0) is 56.7 Å². The topological polar surface area (TPSA) is 38.8 Å². The van der Waals surface area contributed by atoms with E-state index >= 15 is 0 Å². The van der Waals surface area contributed by atoms with Crippen molar-refractivity contribution in [1.29, 1.82) is 0 Å². The van der Waals surface area contributed by atoms with Crippen molar-refractivity contribution in [3.63, 3.8) is 0 Å². The summed E-state index contributed by atoms with van der Waals surface area (Å²) in [6.07, 6.45) is 2.61. The van der Waals surface area contributed by atoms with Crippen molar-refractivity contribution in [3.8, 4) is 5.75 Å². The van der Waals surface area contributed by atoms with Gasteiger partial charge in [-0.2, -0.15) is 0 Å². The molecule has 1 aliphatic heterocycles. The van der Waals surface area contributed by atoms with Crippen LogP contribution in [-0.2, 0) is 17.7 Å². The zero-order chi connectivity index (χ0) is 15.5. The summed E-state index contributed by atoms with van der Waals surface area (Å²) in [5.41, 5.74) is 1.98. The van der Waals surface area contributed by atoms with E-state index in [1.165, 1.54) is 11.1 Å². The maximum atomic E-state index is 12.1. The summed E-state index contributed by atoms with van der Waals surface area (Å²) >= 11 is 1.65. The summed E-state index contributed by atoms with van der Waals surface area (Å²) < 4.78 is 11.0. The molecule has 1 aromatic rings.